The highest BCUT2D eigenvalue weighted by Crippen LogP contribution is 2.25. The third kappa shape index (κ3) is 3.97. The van der Waals surface area contributed by atoms with Gasteiger partial charge in [0.2, 0.25) is 0 Å². The van der Waals surface area contributed by atoms with E-state index in [4.69, 9.17) is 0 Å². The molecule has 0 aliphatic rings. The summed E-state index contributed by atoms with van der Waals surface area (Å²) in [7, 11) is -3.44. The van der Waals surface area contributed by atoms with E-state index >= 15 is 0 Å². The Kier molecular flexibility index (Phi) is 5.78. The van der Waals surface area contributed by atoms with Gasteiger partial charge in [0, 0.05) is 6.04 Å². The van der Waals surface area contributed by atoms with Crippen LogP contribution in [0, 0.1) is 0 Å². The molecule has 2 aromatic rings. The molecule has 1 aromatic carbocycles. The average molecular weight is 338 g/mol. The van der Waals surface area contributed by atoms with Gasteiger partial charge in [0.15, 0.2) is 0 Å². The summed E-state index contributed by atoms with van der Waals surface area (Å²) in [4.78, 5) is 0. The van der Waals surface area contributed by atoms with E-state index < -0.39 is 10.0 Å². The Morgan fingerprint density at radius 2 is 1.68 bits per heavy atom. The van der Waals surface area contributed by atoms with Gasteiger partial charge >= 0.3 is 0 Å². The summed E-state index contributed by atoms with van der Waals surface area (Å²) in [6, 6.07) is 11.5. The monoisotopic (exact) mass is 337 g/mol. The Morgan fingerprint density at radius 3 is 2.18 bits per heavy atom. The summed E-state index contributed by atoms with van der Waals surface area (Å²) in [5.41, 5.74) is 2.30. The van der Waals surface area contributed by atoms with Crippen molar-refractivity contribution >= 4 is 21.4 Å². The van der Waals surface area contributed by atoms with Crippen molar-refractivity contribution in [3.05, 3.63) is 52.9 Å². The van der Waals surface area contributed by atoms with Crippen molar-refractivity contribution in [2.24, 2.45) is 0 Å². The van der Waals surface area contributed by atoms with Gasteiger partial charge in [-0.1, -0.05) is 51.1 Å². The van der Waals surface area contributed by atoms with Gasteiger partial charge in [0.05, 0.1) is 0 Å². The van der Waals surface area contributed by atoms with Crippen molar-refractivity contribution < 1.29 is 8.42 Å². The van der Waals surface area contributed by atoms with Crippen molar-refractivity contribution in [2.45, 2.75) is 49.8 Å². The lowest BCUT2D eigenvalue weighted by molar-refractivity contribution is 0.552. The molecule has 0 fully saturated rings. The number of hydrogen-bond donors (Lipinski definition) is 1. The molecule has 0 saturated heterocycles. The SMILES string of the molecule is CC[C@@H](C)c1ccc([C@@H](CC)NS(=O)(=O)c2cccs2)cc1. The maximum Gasteiger partial charge on any atom is 0.250 e. The first-order valence-electron chi connectivity index (χ1n) is 7.63. The van der Waals surface area contributed by atoms with Gasteiger partial charge in [0.1, 0.15) is 4.21 Å². The Hall–Kier alpha value is -1.17. The molecule has 2 rings (SSSR count). The van der Waals surface area contributed by atoms with E-state index in [1.54, 1.807) is 17.5 Å². The van der Waals surface area contributed by atoms with Crippen LogP contribution in [0.1, 0.15) is 56.7 Å². The second kappa shape index (κ2) is 7.40. The van der Waals surface area contributed by atoms with E-state index in [-0.39, 0.29) is 6.04 Å². The highest BCUT2D eigenvalue weighted by Gasteiger charge is 2.21. The third-order valence-electron chi connectivity index (χ3n) is 3.99. The van der Waals surface area contributed by atoms with E-state index in [9.17, 15) is 8.42 Å². The van der Waals surface area contributed by atoms with Crippen LogP contribution < -0.4 is 4.72 Å². The smallest absolute Gasteiger partial charge is 0.206 e. The van der Waals surface area contributed by atoms with Crippen LogP contribution in [0.4, 0.5) is 0 Å². The van der Waals surface area contributed by atoms with Crippen LogP contribution in [0.2, 0.25) is 0 Å². The van der Waals surface area contributed by atoms with Gasteiger partial charge in [-0.25, -0.2) is 13.1 Å². The maximum absolute atomic E-state index is 12.4. The fourth-order valence-electron chi connectivity index (χ4n) is 2.34. The molecular weight excluding hydrogens is 314 g/mol. The van der Waals surface area contributed by atoms with E-state index in [1.807, 2.05) is 19.1 Å². The Labute approximate surface area is 137 Å². The molecule has 2 atom stereocenters. The molecule has 0 unspecified atom stereocenters. The molecule has 1 N–H and O–H groups in total. The molecule has 0 saturated carbocycles. The van der Waals surface area contributed by atoms with Gasteiger partial charge in [-0.15, -0.1) is 11.3 Å². The van der Waals surface area contributed by atoms with E-state index in [0.717, 1.165) is 12.0 Å². The fraction of sp³-hybridized carbons (Fsp3) is 0.412. The molecule has 5 heteroatoms. The summed E-state index contributed by atoms with van der Waals surface area (Å²) in [6.07, 6.45) is 1.81. The quantitative estimate of drug-likeness (QED) is 0.796. The van der Waals surface area contributed by atoms with Crippen LogP contribution in [0.5, 0.6) is 0 Å². The van der Waals surface area contributed by atoms with Gasteiger partial charge in [-0.3, -0.25) is 0 Å². The lowest BCUT2D eigenvalue weighted by atomic mass is 9.96. The molecule has 0 bridgehead atoms. The highest BCUT2D eigenvalue weighted by atomic mass is 32.2. The molecule has 0 radical (unpaired) electrons. The second-order valence-electron chi connectivity index (χ2n) is 5.49. The standard InChI is InChI=1S/C17H23NO2S2/c1-4-13(3)14-8-10-15(11-9-14)16(5-2)18-22(19,20)17-7-6-12-21-17/h6-13,16,18H,4-5H2,1-3H3/t13-,16-/m1/s1. The Bertz CT molecular complexity index is 676. The van der Waals surface area contributed by atoms with Crippen LogP contribution in [0.15, 0.2) is 46.0 Å². The number of thiophene rings is 1. The van der Waals surface area contributed by atoms with Crippen LogP contribution in [-0.2, 0) is 10.0 Å². The first-order chi connectivity index (χ1) is 10.5. The summed E-state index contributed by atoms with van der Waals surface area (Å²) in [5.74, 6) is 0.525. The van der Waals surface area contributed by atoms with E-state index in [1.165, 1.54) is 16.9 Å². The zero-order chi connectivity index (χ0) is 16.2. The molecule has 1 aromatic heterocycles. The first-order valence-corrected chi connectivity index (χ1v) is 10.00. The van der Waals surface area contributed by atoms with Crippen molar-refractivity contribution in [3.63, 3.8) is 0 Å². The Morgan fingerprint density at radius 1 is 1.05 bits per heavy atom. The predicted molar refractivity (Wildman–Crippen MR) is 92.8 cm³/mol. The molecule has 1 heterocycles. The van der Waals surface area contributed by atoms with Gasteiger partial charge in [0.25, 0.3) is 10.0 Å². The van der Waals surface area contributed by atoms with E-state index in [2.05, 4.69) is 30.7 Å². The largest absolute Gasteiger partial charge is 0.250 e. The number of hydrogen-bond acceptors (Lipinski definition) is 3. The minimum absolute atomic E-state index is 0.196. The van der Waals surface area contributed by atoms with Gasteiger partial charge in [-0.2, -0.15) is 0 Å². The van der Waals surface area contributed by atoms with Crippen LogP contribution in [0.25, 0.3) is 0 Å². The lowest BCUT2D eigenvalue weighted by Crippen LogP contribution is -2.27. The molecular formula is C17H23NO2S2. The lowest BCUT2D eigenvalue weighted by Gasteiger charge is -2.18. The van der Waals surface area contributed by atoms with Gasteiger partial charge < -0.3 is 0 Å². The third-order valence-corrected chi connectivity index (χ3v) is 6.85. The molecule has 0 aliphatic carbocycles. The summed E-state index contributed by atoms with van der Waals surface area (Å²) in [6.45, 7) is 6.36. The van der Waals surface area contributed by atoms with Crippen LogP contribution in [0.3, 0.4) is 0 Å². The average Bonchev–Trinajstić information content (AvgIpc) is 3.07. The summed E-state index contributed by atoms with van der Waals surface area (Å²) < 4.78 is 27.9. The molecule has 22 heavy (non-hydrogen) atoms. The molecule has 0 amide bonds. The summed E-state index contributed by atoms with van der Waals surface area (Å²) in [5, 5.41) is 1.77. The number of nitrogens with one attached hydrogen (secondary N) is 1. The first kappa shape index (κ1) is 17.2. The fourth-order valence-corrected chi connectivity index (χ4v) is 4.66. The van der Waals surface area contributed by atoms with Crippen molar-refractivity contribution in [1.82, 2.24) is 4.72 Å². The van der Waals surface area contributed by atoms with Crippen LogP contribution in [-0.4, -0.2) is 8.42 Å². The maximum atomic E-state index is 12.4. The molecule has 120 valence electrons. The minimum Gasteiger partial charge on any atom is -0.206 e. The second-order valence-corrected chi connectivity index (χ2v) is 8.38. The topological polar surface area (TPSA) is 46.2 Å². The number of sulfonamides is 1. The van der Waals surface area contributed by atoms with Gasteiger partial charge in [-0.05, 0) is 41.3 Å². The highest BCUT2D eigenvalue weighted by molar-refractivity contribution is 7.91. The zero-order valence-corrected chi connectivity index (χ0v) is 14.9. The normalized spacial score (nSPS) is 14.7. The van der Waals surface area contributed by atoms with E-state index in [0.29, 0.717) is 16.5 Å². The Balaban J connectivity index is 2.18. The van der Waals surface area contributed by atoms with Crippen molar-refractivity contribution in [2.75, 3.05) is 0 Å². The summed E-state index contributed by atoms with van der Waals surface area (Å²) >= 11 is 1.24. The molecule has 0 aliphatic heterocycles. The molecule has 0 spiro atoms. The number of rotatable bonds is 7. The number of benzene rings is 1. The van der Waals surface area contributed by atoms with Crippen molar-refractivity contribution in [3.8, 4) is 0 Å². The van der Waals surface area contributed by atoms with Crippen LogP contribution >= 0.6 is 11.3 Å². The predicted octanol–water partition coefficient (Wildman–Crippen LogP) is 4.69. The van der Waals surface area contributed by atoms with Crippen molar-refractivity contribution in [1.29, 1.82) is 0 Å². The minimum atomic E-state index is -3.44. The molecule has 3 nitrogen and oxygen atoms in total. The zero-order valence-electron chi connectivity index (χ0n) is 13.2.